The number of likely N-dealkylation sites (tertiary alicyclic amines) is 1. The molecule has 0 bridgehead atoms. The first kappa shape index (κ1) is 24.3. The lowest BCUT2D eigenvalue weighted by atomic mass is 9.83. The standard InChI is InChI=1S/C27H39N5O3/c1-19(2)31-17-22(25-23(18-31)27(35)32(28-25)21-10-4-3-5-11-21)26(34)30-14-12-29(13-15-30)24(33)16-20-8-6-7-9-20/h3-5,10-11,19-20,22-23,25,28H,6-9,12-18H2,1-2H3. The lowest BCUT2D eigenvalue weighted by Gasteiger charge is -2.43. The Labute approximate surface area is 208 Å². The number of carbonyl (C=O) groups is 3. The summed E-state index contributed by atoms with van der Waals surface area (Å²) < 4.78 is 0. The highest BCUT2D eigenvalue weighted by molar-refractivity contribution is 5.98. The lowest BCUT2D eigenvalue weighted by Crippen LogP contribution is -2.60. The van der Waals surface area contributed by atoms with Crippen molar-refractivity contribution in [3.05, 3.63) is 30.3 Å². The number of nitrogens with one attached hydrogen (secondary N) is 1. The zero-order valence-electron chi connectivity index (χ0n) is 21.1. The van der Waals surface area contributed by atoms with Crippen molar-refractivity contribution in [3.63, 3.8) is 0 Å². The molecule has 1 N–H and O–H groups in total. The molecular weight excluding hydrogens is 442 g/mol. The summed E-state index contributed by atoms with van der Waals surface area (Å²) in [5.41, 5.74) is 4.21. The average molecular weight is 482 g/mol. The maximum atomic E-state index is 13.8. The van der Waals surface area contributed by atoms with Crippen LogP contribution in [0.5, 0.6) is 0 Å². The first-order valence-corrected chi connectivity index (χ1v) is 13.4. The molecule has 4 fully saturated rings. The highest BCUT2D eigenvalue weighted by Crippen LogP contribution is 2.34. The smallest absolute Gasteiger partial charge is 0.247 e. The Hall–Kier alpha value is -2.45. The van der Waals surface area contributed by atoms with Gasteiger partial charge in [0.05, 0.1) is 23.6 Å². The van der Waals surface area contributed by atoms with Gasteiger partial charge in [0.25, 0.3) is 0 Å². The second-order valence-corrected chi connectivity index (χ2v) is 11.0. The molecule has 4 aliphatic rings. The van der Waals surface area contributed by atoms with Gasteiger partial charge in [0.15, 0.2) is 0 Å². The molecule has 0 spiro atoms. The van der Waals surface area contributed by atoms with E-state index in [-0.39, 0.29) is 41.6 Å². The van der Waals surface area contributed by atoms with Crippen molar-refractivity contribution in [2.45, 2.75) is 58.0 Å². The fourth-order valence-corrected chi connectivity index (χ4v) is 6.31. The topological polar surface area (TPSA) is 76.2 Å². The molecule has 3 unspecified atom stereocenters. The molecule has 3 saturated heterocycles. The van der Waals surface area contributed by atoms with Crippen molar-refractivity contribution in [2.75, 3.05) is 44.3 Å². The van der Waals surface area contributed by atoms with Gasteiger partial charge in [-0.1, -0.05) is 31.0 Å². The minimum absolute atomic E-state index is 0.0340. The second-order valence-electron chi connectivity index (χ2n) is 11.0. The van der Waals surface area contributed by atoms with Gasteiger partial charge >= 0.3 is 0 Å². The zero-order valence-corrected chi connectivity index (χ0v) is 21.1. The van der Waals surface area contributed by atoms with Crippen LogP contribution in [0.3, 0.4) is 0 Å². The average Bonchev–Trinajstić information content (AvgIpc) is 3.51. The molecule has 1 aliphatic carbocycles. The van der Waals surface area contributed by atoms with E-state index in [1.54, 1.807) is 5.01 Å². The molecule has 5 rings (SSSR count). The van der Waals surface area contributed by atoms with E-state index in [0.29, 0.717) is 51.6 Å². The molecule has 3 aliphatic heterocycles. The summed E-state index contributed by atoms with van der Waals surface area (Å²) in [6.45, 7) is 7.90. The van der Waals surface area contributed by atoms with E-state index in [1.807, 2.05) is 40.1 Å². The molecule has 190 valence electrons. The quantitative estimate of drug-likeness (QED) is 0.697. The highest BCUT2D eigenvalue weighted by Gasteiger charge is 2.52. The predicted molar refractivity (Wildman–Crippen MR) is 134 cm³/mol. The summed E-state index contributed by atoms with van der Waals surface area (Å²) >= 11 is 0. The third-order valence-corrected chi connectivity index (χ3v) is 8.49. The number of benzene rings is 1. The number of para-hydroxylation sites is 1. The third-order valence-electron chi connectivity index (χ3n) is 8.49. The fraction of sp³-hybridized carbons (Fsp3) is 0.667. The van der Waals surface area contributed by atoms with E-state index in [0.717, 1.165) is 5.69 Å². The number of nitrogens with zero attached hydrogens (tertiary/aromatic N) is 4. The van der Waals surface area contributed by atoms with E-state index in [1.165, 1.54) is 25.7 Å². The maximum Gasteiger partial charge on any atom is 0.247 e. The lowest BCUT2D eigenvalue weighted by molar-refractivity contribution is -0.145. The molecule has 0 radical (unpaired) electrons. The number of anilines is 1. The Kier molecular flexibility index (Phi) is 7.12. The van der Waals surface area contributed by atoms with E-state index < -0.39 is 0 Å². The van der Waals surface area contributed by atoms with Gasteiger partial charge in [-0.05, 0) is 44.7 Å². The predicted octanol–water partition coefficient (Wildman–Crippen LogP) is 2.11. The van der Waals surface area contributed by atoms with E-state index >= 15 is 0 Å². The fourth-order valence-electron chi connectivity index (χ4n) is 6.31. The van der Waals surface area contributed by atoms with Gasteiger partial charge in [-0.25, -0.2) is 10.4 Å². The van der Waals surface area contributed by atoms with Crippen molar-refractivity contribution in [3.8, 4) is 0 Å². The molecule has 0 aromatic heterocycles. The van der Waals surface area contributed by atoms with Crippen LogP contribution in [0.1, 0.15) is 46.0 Å². The molecule has 8 heteroatoms. The maximum absolute atomic E-state index is 13.8. The van der Waals surface area contributed by atoms with E-state index in [4.69, 9.17) is 0 Å². The highest BCUT2D eigenvalue weighted by atomic mass is 16.2. The van der Waals surface area contributed by atoms with Gasteiger partial charge in [-0.3, -0.25) is 19.3 Å². The molecular formula is C27H39N5O3. The van der Waals surface area contributed by atoms with Crippen molar-refractivity contribution in [2.24, 2.45) is 17.8 Å². The molecule has 3 heterocycles. The molecule has 1 aromatic rings. The van der Waals surface area contributed by atoms with Crippen LogP contribution < -0.4 is 10.4 Å². The Balaban J connectivity index is 1.26. The number of piperazine rings is 1. The van der Waals surface area contributed by atoms with Crippen LogP contribution in [0.4, 0.5) is 5.69 Å². The molecule has 3 atom stereocenters. The number of fused-ring (bicyclic) bond motifs is 1. The number of amides is 3. The van der Waals surface area contributed by atoms with E-state index in [2.05, 4.69) is 24.2 Å². The van der Waals surface area contributed by atoms with Gasteiger partial charge in [0, 0.05) is 51.7 Å². The third kappa shape index (κ3) is 4.96. The summed E-state index contributed by atoms with van der Waals surface area (Å²) in [5.74, 6) is 0.371. The number of rotatable bonds is 5. The van der Waals surface area contributed by atoms with Crippen molar-refractivity contribution in [1.29, 1.82) is 0 Å². The summed E-state index contributed by atoms with van der Waals surface area (Å²) in [5, 5.41) is 1.64. The van der Waals surface area contributed by atoms with Crippen LogP contribution >= 0.6 is 0 Å². The van der Waals surface area contributed by atoms with Gasteiger partial charge in [0.1, 0.15) is 0 Å². The Morgan fingerprint density at radius 1 is 0.971 bits per heavy atom. The second kappa shape index (κ2) is 10.3. The summed E-state index contributed by atoms with van der Waals surface area (Å²) in [4.78, 5) is 46.1. The van der Waals surface area contributed by atoms with Crippen LogP contribution in [0.15, 0.2) is 30.3 Å². The van der Waals surface area contributed by atoms with Crippen LogP contribution in [0.2, 0.25) is 0 Å². The normalized spacial score (nSPS) is 28.1. The van der Waals surface area contributed by atoms with Gasteiger partial charge in [-0.2, -0.15) is 0 Å². The van der Waals surface area contributed by atoms with Crippen molar-refractivity contribution < 1.29 is 14.4 Å². The number of hydrogen-bond acceptors (Lipinski definition) is 5. The Morgan fingerprint density at radius 2 is 1.63 bits per heavy atom. The van der Waals surface area contributed by atoms with Crippen molar-refractivity contribution >= 4 is 23.4 Å². The molecule has 1 aromatic carbocycles. The summed E-state index contributed by atoms with van der Waals surface area (Å²) in [6.07, 6.45) is 5.49. The number of hydrazine groups is 1. The van der Waals surface area contributed by atoms with Crippen LogP contribution in [-0.2, 0) is 14.4 Å². The van der Waals surface area contributed by atoms with Crippen LogP contribution in [0.25, 0.3) is 0 Å². The van der Waals surface area contributed by atoms with Gasteiger partial charge in [-0.15, -0.1) is 0 Å². The number of hydrogen-bond donors (Lipinski definition) is 1. The summed E-state index contributed by atoms with van der Waals surface area (Å²) in [7, 11) is 0. The molecule has 1 saturated carbocycles. The first-order chi connectivity index (χ1) is 16.9. The number of carbonyl (C=O) groups excluding carboxylic acids is 3. The van der Waals surface area contributed by atoms with Crippen LogP contribution in [0, 0.1) is 17.8 Å². The zero-order chi connectivity index (χ0) is 24.5. The Morgan fingerprint density at radius 3 is 2.29 bits per heavy atom. The first-order valence-electron chi connectivity index (χ1n) is 13.4. The van der Waals surface area contributed by atoms with E-state index in [9.17, 15) is 14.4 Å². The molecule has 3 amide bonds. The largest absolute Gasteiger partial charge is 0.339 e. The van der Waals surface area contributed by atoms with Crippen LogP contribution in [-0.4, -0.2) is 83.8 Å². The monoisotopic (exact) mass is 481 g/mol. The number of piperidine rings is 1. The minimum atomic E-state index is -0.297. The Bertz CT molecular complexity index is 924. The van der Waals surface area contributed by atoms with Gasteiger partial charge in [0.2, 0.25) is 17.7 Å². The van der Waals surface area contributed by atoms with Gasteiger partial charge < -0.3 is 9.80 Å². The SMILES string of the molecule is CC(C)N1CC(C(=O)N2CCN(C(=O)CC3CCCC3)CC2)C2NN(c3ccccc3)C(=O)C2C1. The minimum Gasteiger partial charge on any atom is -0.339 e. The van der Waals surface area contributed by atoms with Crippen molar-refractivity contribution in [1.82, 2.24) is 20.1 Å². The molecule has 8 nitrogen and oxygen atoms in total. The summed E-state index contributed by atoms with van der Waals surface area (Å²) in [6, 6.07) is 9.65. The molecule has 35 heavy (non-hydrogen) atoms.